The van der Waals surface area contributed by atoms with Gasteiger partial charge in [-0.3, -0.25) is 13.6 Å². The normalized spacial score (nSPS) is 17.0. The molecule has 0 unspecified atom stereocenters. The predicted octanol–water partition coefficient (Wildman–Crippen LogP) is 5.37. The molecule has 0 saturated carbocycles. The van der Waals surface area contributed by atoms with Gasteiger partial charge in [0.1, 0.15) is 0 Å². The number of hydrogen-bond acceptors (Lipinski definition) is 1. The lowest BCUT2D eigenvalue weighted by atomic mass is 9.98. The maximum atomic E-state index is 13.7. The average Bonchev–Trinajstić information content (AvgIpc) is 2.91. The minimum Gasteiger partial charge on any atom is -0.329 e. The second-order valence-corrected chi connectivity index (χ2v) is 6.17. The van der Waals surface area contributed by atoms with Crippen LogP contribution in [0.1, 0.15) is 63.6 Å². The van der Waals surface area contributed by atoms with Crippen molar-refractivity contribution in [2.75, 3.05) is 0 Å². The fraction of sp³-hybridized carbons (Fsp3) is 0.500. The van der Waals surface area contributed by atoms with Crippen molar-refractivity contribution in [3.8, 4) is 0 Å². The van der Waals surface area contributed by atoms with Gasteiger partial charge in [0.2, 0.25) is 0 Å². The van der Waals surface area contributed by atoms with Crippen LogP contribution in [0.2, 0.25) is 0 Å². The highest BCUT2D eigenvalue weighted by Gasteiger charge is 2.29. The highest BCUT2D eigenvalue weighted by atomic mass is 19.2. The molecule has 0 fully saturated rings. The first-order valence-electron chi connectivity index (χ1n) is 8.21. The highest BCUT2D eigenvalue weighted by Crippen LogP contribution is 2.36. The van der Waals surface area contributed by atoms with Crippen LogP contribution in [0.4, 0.5) is 8.63 Å². The van der Waals surface area contributed by atoms with E-state index in [0.29, 0.717) is 11.4 Å². The molecule has 1 aliphatic heterocycles. The van der Waals surface area contributed by atoms with Gasteiger partial charge in [-0.1, -0.05) is 13.8 Å². The number of aromatic nitrogens is 1. The molecular formula is C18H25BF2N2. The van der Waals surface area contributed by atoms with Crippen molar-refractivity contribution >= 4 is 18.7 Å². The van der Waals surface area contributed by atoms with Crippen LogP contribution in [0, 0.1) is 13.8 Å². The van der Waals surface area contributed by atoms with Crippen LogP contribution in [-0.4, -0.2) is 17.6 Å². The fourth-order valence-corrected chi connectivity index (χ4v) is 3.87. The van der Waals surface area contributed by atoms with Gasteiger partial charge in [-0.2, -0.15) is 0 Å². The molecule has 124 valence electrons. The zero-order valence-electron chi connectivity index (χ0n) is 15.1. The summed E-state index contributed by atoms with van der Waals surface area (Å²) in [5.41, 5.74) is 8.26. The molecule has 0 saturated heterocycles. The summed E-state index contributed by atoms with van der Waals surface area (Å²) in [6.45, 7) is 13.8. The van der Waals surface area contributed by atoms with E-state index >= 15 is 0 Å². The number of nitrogens with zero attached hydrogens (tertiary/aromatic N) is 2. The van der Waals surface area contributed by atoms with Gasteiger partial charge in [-0.05, 0) is 75.3 Å². The number of aliphatic imine (C=N–C) groups is 1. The van der Waals surface area contributed by atoms with Gasteiger partial charge in [0, 0.05) is 17.1 Å². The molecule has 1 aromatic rings. The second kappa shape index (κ2) is 6.46. The Morgan fingerprint density at radius 3 is 2.13 bits per heavy atom. The monoisotopic (exact) mass is 318 g/mol. The lowest BCUT2D eigenvalue weighted by Gasteiger charge is -2.12. The highest BCUT2D eigenvalue weighted by molar-refractivity contribution is 6.41. The van der Waals surface area contributed by atoms with E-state index in [1.807, 2.05) is 34.6 Å². The summed E-state index contributed by atoms with van der Waals surface area (Å²) in [4.78, 5) is 4.67. The topological polar surface area (TPSA) is 17.3 Å². The van der Waals surface area contributed by atoms with E-state index in [9.17, 15) is 8.63 Å². The third-order valence-corrected chi connectivity index (χ3v) is 4.98. The quantitative estimate of drug-likeness (QED) is 0.664. The molecule has 1 aromatic heterocycles. The minimum absolute atomic E-state index is 0.623. The Kier molecular flexibility index (Phi) is 4.97. The van der Waals surface area contributed by atoms with E-state index < -0.39 is 7.40 Å². The molecule has 2 nitrogen and oxygen atoms in total. The summed E-state index contributed by atoms with van der Waals surface area (Å²) in [6, 6.07) is 0. The van der Waals surface area contributed by atoms with Crippen LogP contribution < -0.4 is 0 Å². The van der Waals surface area contributed by atoms with Crippen molar-refractivity contribution in [3.05, 3.63) is 39.4 Å². The van der Waals surface area contributed by atoms with E-state index in [1.165, 1.54) is 10.1 Å². The van der Waals surface area contributed by atoms with Gasteiger partial charge in [0.05, 0.1) is 5.70 Å². The minimum atomic E-state index is -2.54. The first-order valence-corrected chi connectivity index (χ1v) is 8.21. The third-order valence-electron chi connectivity index (χ3n) is 4.98. The maximum absolute atomic E-state index is 13.7. The molecule has 0 spiro atoms. The molecule has 23 heavy (non-hydrogen) atoms. The zero-order chi connectivity index (χ0) is 17.5. The van der Waals surface area contributed by atoms with E-state index in [1.54, 1.807) is 6.92 Å². The van der Waals surface area contributed by atoms with Gasteiger partial charge >= 0.3 is 7.40 Å². The number of halogens is 2. The Balaban J connectivity index is 2.78. The Labute approximate surface area is 138 Å². The number of rotatable bonds is 4. The molecule has 0 bridgehead atoms. The summed E-state index contributed by atoms with van der Waals surface area (Å²) >= 11 is 0. The lowest BCUT2D eigenvalue weighted by molar-refractivity contribution is 0.623. The summed E-state index contributed by atoms with van der Waals surface area (Å²) < 4.78 is 28.5. The molecule has 0 radical (unpaired) electrons. The summed E-state index contributed by atoms with van der Waals surface area (Å²) in [7, 11) is -2.54. The molecular weight excluding hydrogens is 293 g/mol. The molecule has 2 rings (SSSR count). The standard InChI is InChI=1S/C18H25BF2N2/c1-8-15-10(3)17(22-13(15)6)12(5)18-11(4)16(9-2)14(7)23(18)19(20)21/h8-9H2,1-7H3. The van der Waals surface area contributed by atoms with Gasteiger partial charge in [0.25, 0.3) is 0 Å². The molecule has 1 aliphatic rings. The molecule has 0 N–H and O–H groups in total. The van der Waals surface area contributed by atoms with Gasteiger partial charge in [-0.25, -0.2) is 0 Å². The van der Waals surface area contributed by atoms with Crippen molar-refractivity contribution in [1.82, 2.24) is 4.48 Å². The molecule has 2 heterocycles. The first-order chi connectivity index (χ1) is 10.8. The van der Waals surface area contributed by atoms with Gasteiger partial charge in [-0.15, -0.1) is 0 Å². The fourth-order valence-electron chi connectivity index (χ4n) is 3.87. The summed E-state index contributed by atoms with van der Waals surface area (Å²) in [6.07, 6.45) is 1.66. The van der Waals surface area contributed by atoms with Crippen LogP contribution >= 0.6 is 0 Å². The molecule has 5 heteroatoms. The third kappa shape index (κ3) is 2.70. The van der Waals surface area contributed by atoms with E-state index in [4.69, 9.17) is 0 Å². The summed E-state index contributed by atoms with van der Waals surface area (Å²) in [5, 5.41) is 0. The number of hydrogen-bond donors (Lipinski definition) is 0. The zero-order valence-corrected chi connectivity index (χ0v) is 15.1. The molecule has 0 amide bonds. The van der Waals surface area contributed by atoms with Gasteiger partial charge in [0.15, 0.2) is 0 Å². The van der Waals surface area contributed by atoms with Crippen molar-refractivity contribution in [2.45, 2.75) is 61.3 Å². The van der Waals surface area contributed by atoms with Crippen LogP contribution in [0.25, 0.3) is 5.57 Å². The Morgan fingerprint density at radius 2 is 1.70 bits per heavy atom. The van der Waals surface area contributed by atoms with Gasteiger partial charge < -0.3 is 4.48 Å². The Morgan fingerprint density at radius 1 is 1.09 bits per heavy atom. The lowest BCUT2D eigenvalue weighted by Crippen LogP contribution is -2.17. The van der Waals surface area contributed by atoms with E-state index in [-0.39, 0.29) is 0 Å². The first kappa shape index (κ1) is 17.7. The maximum Gasteiger partial charge on any atom is 0.677 e. The van der Waals surface area contributed by atoms with Crippen LogP contribution in [0.15, 0.2) is 21.8 Å². The van der Waals surface area contributed by atoms with E-state index in [2.05, 4.69) is 11.9 Å². The summed E-state index contributed by atoms with van der Waals surface area (Å²) in [5.74, 6) is 0. The largest absolute Gasteiger partial charge is 0.677 e. The van der Waals surface area contributed by atoms with Crippen molar-refractivity contribution < 1.29 is 8.63 Å². The van der Waals surface area contributed by atoms with Crippen LogP contribution in [0.3, 0.4) is 0 Å². The van der Waals surface area contributed by atoms with Crippen LogP contribution in [-0.2, 0) is 6.42 Å². The van der Waals surface area contributed by atoms with Crippen molar-refractivity contribution in [3.63, 3.8) is 0 Å². The molecule has 0 aromatic carbocycles. The smallest absolute Gasteiger partial charge is 0.329 e. The Bertz CT molecular complexity index is 737. The van der Waals surface area contributed by atoms with E-state index in [0.717, 1.165) is 46.5 Å². The predicted molar refractivity (Wildman–Crippen MR) is 95.3 cm³/mol. The Hall–Kier alpha value is -1.65. The number of allylic oxidation sites excluding steroid dienone is 3. The van der Waals surface area contributed by atoms with Crippen LogP contribution in [0.5, 0.6) is 0 Å². The SMILES string of the molecule is CCC1=C(C)C(=C(C)c2c(C)c(CC)c(C)n2B(F)F)N=C1C. The van der Waals surface area contributed by atoms with Crippen molar-refractivity contribution in [2.24, 2.45) is 4.99 Å². The average molecular weight is 318 g/mol. The molecule has 0 aliphatic carbocycles. The van der Waals surface area contributed by atoms with Crippen molar-refractivity contribution in [1.29, 1.82) is 0 Å². The molecule has 0 atom stereocenters. The second-order valence-electron chi connectivity index (χ2n) is 6.17.